The molecular formula is C21H26Cl2Hf. The third-order valence-corrected chi connectivity index (χ3v) is 5.08. The molecule has 24 heavy (non-hydrogen) atoms. The van der Waals surface area contributed by atoms with Gasteiger partial charge in [-0.2, -0.15) is 33.4 Å². The van der Waals surface area contributed by atoms with Crippen molar-refractivity contribution in [1.82, 2.24) is 0 Å². The zero-order valence-corrected chi connectivity index (χ0v) is 20.7. The van der Waals surface area contributed by atoms with E-state index in [9.17, 15) is 0 Å². The van der Waals surface area contributed by atoms with Gasteiger partial charge in [0.05, 0.1) is 0 Å². The van der Waals surface area contributed by atoms with Crippen molar-refractivity contribution < 1.29 is 50.7 Å². The van der Waals surface area contributed by atoms with Crippen LogP contribution in [0.15, 0.2) is 24.3 Å². The molecule has 0 nitrogen and oxygen atoms in total. The predicted molar refractivity (Wildman–Crippen MR) is 92.9 cm³/mol. The van der Waals surface area contributed by atoms with E-state index >= 15 is 0 Å². The summed E-state index contributed by atoms with van der Waals surface area (Å²) in [4.78, 5) is 0. The molecule has 0 bridgehead atoms. The van der Waals surface area contributed by atoms with Gasteiger partial charge in [0.15, 0.2) is 0 Å². The molecule has 0 spiro atoms. The van der Waals surface area contributed by atoms with Gasteiger partial charge in [0.2, 0.25) is 0 Å². The molecule has 0 saturated heterocycles. The Morgan fingerprint density at radius 2 is 1.33 bits per heavy atom. The van der Waals surface area contributed by atoms with E-state index in [4.69, 9.17) is 0 Å². The van der Waals surface area contributed by atoms with Crippen molar-refractivity contribution in [2.45, 2.75) is 54.4 Å². The summed E-state index contributed by atoms with van der Waals surface area (Å²) in [5, 5.41) is 0. The summed E-state index contributed by atoms with van der Waals surface area (Å²) in [5.41, 5.74) is 11.4. The topological polar surface area (TPSA) is 0 Å². The van der Waals surface area contributed by atoms with Crippen molar-refractivity contribution in [3.05, 3.63) is 69.3 Å². The Kier molecular flexibility index (Phi) is 11.6. The maximum atomic E-state index is 3.40. The molecule has 3 rings (SSSR count). The Morgan fingerprint density at radius 3 is 1.71 bits per heavy atom. The van der Waals surface area contributed by atoms with Gasteiger partial charge in [-0.25, -0.2) is 5.57 Å². The van der Waals surface area contributed by atoms with Gasteiger partial charge >= 0.3 is 25.8 Å². The first-order chi connectivity index (χ1) is 9.84. The average Bonchev–Trinajstić information content (AvgIpc) is 2.86. The summed E-state index contributed by atoms with van der Waals surface area (Å²) in [6.07, 6.45) is 3.40. The number of fused-ring (bicyclic) bond motifs is 1. The van der Waals surface area contributed by atoms with Crippen LogP contribution in [-0.2, 0) is 25.8 Å². The van der Waals surface area contributed by atoms with Crippen molar-refractivity contribution in [1.29, 1.82) is 0 Å². The maximum Gasteiger partial charge on any atom is 4.00 e. The van der Waals surface area contributed by atoms with Crippen LogP contribution in [-0.4, -0.2) is 0 Å². The third kappa shape index (κ3) is 5.13. The van der Waals surface area contributed by atoms with E-state index in [1.54, 1.807) is 0 Å². The van der Waals surface area contributed by atoms with Crippen molar-refractivity contribution in [2.24, 2.45) is 0 Å². The Balaban J connectivity index is 0. The Morgan fingerprint density at radius 1 is 0.875 bits per heavy atom. The summed E-state index contributed by atoms with van der Waals surface area (Å²) in [5.74, 6) is 0.492. The van der Waals surface area contributed by atoms with Crippen molar-refractivity contribution in [3.8, 4) is 0 Å². The van der Waals surface area contributed by atoms with Gasteiger partial charge in [0.25, 0.3) is 0 Å². The van der Waals surface area contributed by atoms with Gasteiger partial charge in [0, 0.05) is 0 Å². The number of benzene rings is 1. The SMILES string of the molecule is CC1=[C-]C(C)c2ccccc21.Cc1c(C)c(C)[c-](C)c1C.[Cl-].[Cl-].[Hf+4]. The van der Waals surface area contributed by atoms with Crippen molar-refractivity contribution >= 4 is 5.57 Å². The molecule has 128 valence electrons. The molecule has 1 atom stereocenters. The van der Waals surface area contributed by atoms with Gasteiger partial charge in [-0.3, -0.25) is 6.08 Å². The van der Waals surface area contributed by atoms with Crippen LogP contribution in [0.3, 0.4) is 0 Å². The largest absolute Gasteiger partial charge is 4.00 e. The van der Waals surface area contributed by atoms with Crippen LogP contribution in [0.5, 0.6) is 0 Å². The van der Waals surface area contributed by atoms with E-state index in [1.165, 1.54) is 44.5 Å². The van der Waals surface area contributed by atoms with E-state index in [1.807, 2.05) is 0 Å². The Bertz CT molecular complexity index is 616. The molecule has 1 aliphatic rings. The maximum absolute atomic E-state index is 3.40. The molecule has 0 radical (unpaired) electrons. The first-order valence-corrected chi connectivity index (χ1v) is 7.73. The van der Waals surface area contributed by atoms with E-state index in [0.717, 1.165) is 0 Å². The quantitative estimate of drug-likeness (QED) is 0.333. The fraction of sp³-hybridized carbons (Fsp3) is 0.381. The fourth-order valence-electron chi connectivity index (χ4n) is 3.10. The second-order valence-corrected chi connectivity index (χ2v) is 6.20. The summed E-state index contributed by atoms with van der Waals surface area (Å²) in [6.45, 7) is 15.3. The minimum Gasteiger partial charge on any atom is -1.00 e. The summed E-state index contributed by atoms with van der Waals surface area (Å²) >= 11 is 0. The normalized spacial score (nSPS) is 14.1. The summed E-state index contributed by atoms with van der Waals surface area (Å²) in [7, 11) is 0. The molecule has 3 heteroatoms. The zero-order valence-electron chi connectivity index (χ0n) is 15.6. The number of hydrogen-bond acceptors (Lipinski definition) is 0. The molecule has 0 fully saturated rings. The Hall–Kier alpha value is -0.240. The van der Waals surface area contributed by atoms with E-state index in [0.29, 0.717) is 5.92 Å². The van der Waals surface area contributed by atoms with Crippen LogP contribution in [0.4, 0.5) is 0 Å². The van der Waals surface area contributed by atoms with Gasteiger partial charge in [0.1, 0.15) is 0 Å². The van der Waals surface area contributed by atoms with Crippen LogP contribution in [0.25, 0.3) is 5.57 Å². The minimum absolute atomic E-state index is 0. The van der Waals surface area contributed by atoms with E-state index in [2.05, 4.69) is 78.8 Å². The smallest absolute Gasteiger partial charge is 1.00 e. The summed E-state index contributed by atoms with van der Waals surface area (Å²) < 4.78 is 0. The van der Waals surface area contributed by atoms with Crippen LogP contribution in [0, 0.1) is 40.7 Å². The third-order valence-electron chi connectivity index (χ3n) is 5.08. The molecule has 0 N–H and O–H groups in total. The number of halogens is 2. The van der Waals surface area contributed by atoms with Gasteiger partial charge < -0.3 is 24.8 Å². The second-order valence-electron chi connectivity index (χ2n) is 6.20. The molecule has 0 amide bonds. The van der Waals surface area contributed by atoms with E-state index in [-0.39, 0.29) is 50.7 Å². The molecular weight excluding hydrogens is 502 g/mol. The fourth-order valence-corrected chi connectivity index (χ4v) is 3.10. The number of hydrogen-bond donors (Lipinski definition) is 0. The van der Waals surface area contributed by atoms with Crippen LogP contribution >= 0.6 is 0 Å². The molecule has 0 heterocycles. The number of allylic oxidation sites excluding steroid dienone is 2. The van der Waals surface area contributed by atoms with Crippen LogP contribution in [0.1, 0.15) is 58.7 Å². The Labute approximate surface area is 179 Å². The first kappa shape index (κ1) is 26.0. The van der Waals surface area contributed by atoms with E-state index < -0.39 is 0 Å². The van der Waals surface area contributed by atoms with Gasteiger partial charge in [-0.05, 0) is 0 Å². The van der Waals surface area contributed by atoms with Crippen LogP contribution < -0.4 is 24.8 Å². The van der Waals surface area contributed by atoms with Crippen molar-refractivity contribution in [3.63, 3.8) is 0 Å². The first-order valence-electron chi connectivity index (χ1n) is 7.73. The molecule has 1 unspecified atom stereocenters. The van der Waals surface area contributed by atoms with Gasteiger partial charge in [-0.1, -0.05) is 72.6 Å². The molecule has 0 aliphatic heterocycles. The average molecular weight is 528 g/mol. The second kappa shape index (κ2) is 10.7. The number of rotatable bonds is 0. The zero-order chi connectivity index (χ0) is 15.7. The van der Waals surface area contributed by atoms with Crippen LogP contribution in [0.2, 0.25) is 0 Å². The standard InChI is InChI=1S/C11H11.C10H15.2ClH.Hf/c1-8-7-9(2)11-6-4-3-5-10(8)11;1-6-7(2)9(4)10(5)8(6)3;;;/h3-6,8H,1-2H3;1-5H3;2*1H;/q2*-1;;;+4/p-2. The van der Waals surface area contributed by atoms with Crippen molar-refractivity contribution in [2.75, 3.05) is 0 Å². The predicted octanol–water partition coefficient (Wildman–Crippen LogP) is -0.0367. The molecule has 0 aromatic heterocycles. The summed E-state index contributed by atoms with van der Waals surface area (Å²) in [6, 6.07) is 8.53. The minimum atomic E-state index is 0. The molecule has 2 aromatic carbocycles. The monoisotopic (exact) mass is 528 g/mol. The molecule has 0 saturated carbocycles. The van der Waals surface area contributed by atoms with Gasteiger partial charge in [-0.15, -0.1) is 11.6 Å². The molecule has 1 aliphatic carbocycles. The molecule has 2 aromatic rings.